The summed E-state index contributed by atoms with van der Waals surface area (Å²) in [7, 11) is 0. The molecule has 0 aliphatic heterocycles. The van der Waals surface area contributed by atoms with E-state index in [1.54, 1.807) is 18.2 Å². The lowest BCUT2D eigenvalue weighted by Crippen LogP contribution is -2.19. The summed E-state index contributed by atoms with van der Waals surface area (Å²) in [5, 5.41) is 9.57. The van der Waals surface area contributed by atoms with E-state index in [0.29, 0.717) is 12.4 Å². The first-order valence-corrected chi connectivity index (χ1v) is 5.90. The number of hydrogen-bond donors (Lipinski definition) is 2. The summed E-state index contributed by atoms with van der Waals surface area (Å²) in [6.45, 7) is 2.36. The van der Waals surface area contributed by atoms with Crippen LogP contribution < -0.4 is 10.5 Å². The van der Waals surface area contributed by atoms with Crippen molar-refractivity contribution < 1.29 is 9.84 Å². The molecule has 0 aromatic heterocycles. The van der Waals surface area contributed by atoms with Gasteiger partial charge < -0.3 is 15.6 Å². The molecule has 1 atom stereocenters. The van der Waals surface area contributed by atoms with Crippen LogP contribution in [0.3, 0.4) is 0 Å². The van der Waals surface area contributed by atoms with E-state index in [0.717, 1.165) is 5.56 Å². The van der Waals surface area contributed by atoms with Crippen molar-refractivity contribution in [3.8, 4) is 11.5 Å². The van der Waals surface area contributed by atoms with E-state index in [9.17, 15) is 5.11 Å². The smallest absolute Gasteiger partial charge is 0.161 e. The summed E-state index contributed by atoms with van der Waals surface area (Å²) in [6, 6.07) is 14.7. The molecule has 0 radical (unpaired) electrons. The monoisotopic (exact) mass is 243 g/mol. The zero-order chi connectivity index (χ0) is 13.0. The minimum atomic E-state index is -0.204. The van der Waals surface area contributed by atoms with Crippen LogP contribution in [-0.4, -0.2) is 11.7 Å². The second-order valence-corrected chi connectivity index (χ2v) is 4.30. The molecule has 0 spiro atoms. The Labute approximate surface area is 107 Å². The highest BCUT2D eigenvalue weighted by molar-refractivity contribution is 5.38. The third-order valence-electron chi connectivity index (χ3n) is 2.75. The molecule has 0 saturated carbocycles. The maximum Gasteiger partial charge on any atom is 0.161 e. The van der Waals surface area contributed by atoms with E-state index < -0.39 is 0 Å². The van der Waals surface area contributed by atoms with E-state index in [1.807, 2.05) is 37.3 Å². The predicted molar refractivity (Wildman–Crippen MR) is 71.7 cm³/mol. The number of aromatic hydroxyl groups is 1. The van der Waals surface area contributed by atoms with Crippen LogP contribution in [-0.2, 0) is 0 Å². The van der Waals surface area contributed by atoms with Crippen molar-refractivity contribution in [3.05, 3.63) is 59.7 Å². The van der Waals surface area contributed by atoms with Crippen LogP contribution in [0.2, 0.25) is 0 Å². The van der Waals surface area contributed by atoms with Crippen molar-refractivity contribution >= 4 is 0 Å². The molecule has 2 aromatic carbocycles. The Bertz CT molecular complexity index is 525. The van der Waals surface area contributed by atoms with Gasteiger partial charge in [0.1, 0.15) is 6.61 Å². The molecule has 0 amide bonds. The van der Waals surface area contributed by atoms with Crippen LogP contribution in [0, 0.1) is 6.92 Å². The molecule has 0 aliphatic rings. The Hall–Kier alpha value is -2.00. The molecule has 0 fully saturated rings. The maximum atomic E-state index is 9.57. The van der Waals surface area contributed by atoms with Crippen LogP contribution in [0.5, 0.6) is 11.5 Å². The first-order chi connectivity index (χ1) is 8.66. The summed E-state index contributed by atoms with van der Waals surface area (Å²) >= 11 is 0. The van der Waals surface area contributed by atoms with Gasteiger partial charge in [0.2, 0.25) is 0 Å². The van der Waals surface area contributed by atoms with Crippen LogP contribution in [0.25, 0.3) is 0 Å². The molecule has 94 valence electrons. The van der Waals surface area contributed by atoms with Crippen molar-refractivity contribution in [2.24, 2.45) is 5.73 Å². The summed E-state index contributed by atoms with van der Waals surface area (Å²) in [5.41, 5.74) is 8.26. The Morgan fingerprint density at radius 1 is 1.17 bits per heavy atom. The quantitative estimate of drug-likeness (QED) is 0.868. The third-order valence-corrected chi connectivity index (χ3v) is 2.75. The van der Waals surface area contributed by atoms with Crippen molar-refractivity contribution in [2.75, 3.05) is 6.61 Å². The Balaban J connectivity index is 2.00. The molecule has 0 heterocycles. The average Bonchev–Trinajstić information content (AvgIpc) is 2.37. The molecule has 18 heavy (non-hydrogen) atoms. The van der Waals surface area contributed by atoms with Crippen LogP contribution >= 0.6 is 0 Å². The van der Waals surface area contributed by atoms with Crippen LogP contribution in [0.15, 0.2) is 48.5 Å². The van der Waals surface area contributed by atoms with E-state index in [1.165, 1.54) is 5.56 Å². The number of benzene rings is 2. The van der Waals surface area contributed by atoms with Crippen LogP contribution in [0.4, 0.5) is 0 Å². The zero-order valence-corrected chi connectivity index (χ0v) is 10.3. The lowest BCUT2D eigenvalue weighted by atomic mass is 10.1. The second-order valence-electron chi connectivity index (χ2n) is 4.30. The Morgan fingerprint density at radius 3 is 2.67 bits per heavy atom. The van der Waals surface area contributed by atoms with Gasteiger partial charge in [-0.15, -0.1) is 0 Å². The SMILES string of the molecule is Cc1cccc(C(N)COc2ccccc2O)c1. The molecule has 0 bridgehead atoms. The highest BCUT2D eigenvalue weighted by atomic mass is 16.5. The lowest BCUT2D eigenvalue weighted by Gasteiger charge is -2.14. The summed E-state index contributed by atoms with van der Waals surface area (Å²) in [6.07, 6.45) is 0. The van der Waals surface area contributed by atoms with Crippen molar-refractivity contribution in [3.63, 3.8) is 0 Å². The van der Waals surface area contributed by atoms with Gasteiger partial charge in [-0.2, -0.15) is 0 Å². The van der Waals surface area contributed by atoms with Gasteiger partial charge in [-0.05, 0) is 24.6 Å². The van der Waals surface area contributed by atoms with Crippen molar-refractivity contribution in [1.29, 1.82) is 0 Å². The number of phenols is 1. The molecule has 3 heteroatoms. The molecule has 2 rings (SSSR count). The summed E-state index contributed by atoms with van der Waals surface area (Å²) in [4.78, 5) is 0. The minimum Gasteiger partial charge on any atom is -0.504 e. The van der Waals surface area contributed by atoms with Crippen LogP contribution in [0.1, 0.15) is 17.2 Å². The van der Waals surface area contributed by atoms with Crippen molar-refractivity contribution in [1.82, 2.24) is 0 Å². The number of rotatable bonds is 4. The normalized spacial score (nSPS) is 12.1. The summed E-state index contributed by atoms with van der Waals surface area (Å²) < 4.78 is 5.52. The molecular formula is C15H17NO2. The average molecular weight is 243 g/mol. The van der Waals surface area contributed by atoms with E-state index in [-0.39, 0.29) is 11.8 Å². The predicted octanol–water partition coefficient (Wildman–Crippen LogP) is 2.78. The fraction of sp³-hybridized carbons (Fsp3) is 0.200. The van der Waals surface area contributed by atoms with Gasteiger partial charge >= 0.3 is 0 Å². The van der Waals surface area contributed by atoms with Gasteiger partial charge in [-0.25, -0.2) is 0 Å². The van der Waals surface area contributed by atoms with Gasteiger partial charge in [0, 0.05) is 0 Å². The first-order valence-electron chi connectivity index (χ1n) is 5.90. The molecular weight excluding hydrogens is 226 g/mol. The molecule has 2 aromatic rings. The third kappa shape index (κ3) is 3.02. The number of para-hydroxylation sites is 2. The molecule has 0 aliphatic carbocycles. The molecule has 1 unspecified atom stereocenters. The fourth-order valence-corrected chi connectivity index (χ4v) is 1.76. The number of nitrogens with two attached hydrogens (primary N) is 1. The highest BCUT2D eigenvalue weighted by Gasteiger charge is 2.08. The van der Waals surface area contributed by atoms with E-state index in [2.05, 4.69) is 0 Å². The van der Waals surface area contributed by atoms with E-state index in [4.69, 9.17) is 10.5 Å². The number of hydrogen-bond acceptors (Lipinski definition) is 3. The van der Waals surface area contributed by atoms with Gasteiger partial charge in [-0.3, -0.25) is 0 Å². The maximum absolute atomic E-state index is 9.57. The molecule has 3 N–H and O–H groups in total. The Morgan fingerprint density at radius 2 is 1.94 bits per heavy atom. The highest BCUT2D eigenvalue weighted by Crippen LogP contribution is 2.25. The first kappa shape index (κ1) is 12.5. The minimum absolute atomic E-state index is 0.133. The Kier molecular flexibility index (Phi) is 3.85. The fourth-order valence-electron chi connectivity index (χ4n) is 1.76. The summed E-state index contributed by atoms with van der Waals surface area (Å²) in [5.74, 6) is 0.592. The topological polar surface area (TPSA) is 55.5 Å². The second kappa shape index (κ2) is 5.56. The number of ether oxygens (including phenoxy) is 1. The number of phenolic OH excluding ortho intramolecular Hbond substituents is 1. The molecule has 3 nitrogen and oxygen atoms in total. The zero-order valence-electron chi connectivity index (χ0n) is 10.3. The standard InChI is InChI=1S/C15H17NO2/c1-11-5-4-6-12(9-11)13(16)10-18-15-8-3-2-7-14(15)17/h2-9,13,17H,10,16H2,1H3. The van der Waals surface area contributed by atoms with E-state index >= 15 is 0 Å². The van der Waals surface area contributed by atoms with Crippen molar-refractivity contribution in [2.45, 2.75) is 13.0 Å². The van der Waals surface area contributed by atoms with Gasteiger partial charge in [0.25, 0.3) is 0 Å². The number of aryl methyl sites for hydroxylation is 1. The van der Waals surface area contributed by atoms with Gasteiger partial charge in [0.05, 0.1) is 6.04 Å². The largest absolute Gasteiger partial charge is 0.504 e. The lowest BCUT2D eigenvalue weighted by molar-refractivity contribution is 0.276. The van der Waals surface area contributed by atoms with Gasteiger partial charge in [-0.1, -0.05) is 42.0 Å². The van der Waals surface area contributed by atoms with Gasteiger partial charge in [0.15, 0.2) is 11.5 Å². The molecule has 0 saturated heterocycles.